The van der Waals surface area contributed by atoms with Crippen LogP contribution in [0.15, 0.2) is 24.3 Å². The quantitative estimate of drug-likeness (QED) is 0.0378. The van der Waals surface area contributed by atoms with Crippen molar-refractivity contribution in [1.82, 2.24) is 4.90 Å². The van der Waals surface area contributed by atoms with Crippen LogP contribution in [0, 0.1) is 0 Å². The number of hydrogen-bond acceptors (Lipinski definition) is 3. The highest BCUT2D eigenvalue weighted by Crippen LogP contribution is 2.13. The van der Waals surface area contributed by atoms with Crippen molar-refractivity contribution in [1.29, 1.82) is 0 Å². The molecule has 0 bridgehead atoms. The largest absolute Gasteiger partial charge is 0.393 e. The van der Waals surface area contributed by atoms with E-state index in [1.54, 1.807) is 0 Å². The van der Waals surface area contributed by atoms with E-state index >= 15 is 0 Å². The summed E-state index contributed by atoms with van der Waals surface area (Å²) in [5, 5.41) is 0. The molecule has 0 aromatic carbocycles. The summed E-state index contributed by atoms with van der Waals surface area (Å²) in [6.07, 6.45) is 48.7. The van der Waals surface area contributed by atoms with E-state index in [2.05, 4.69) is 57.1 Å². The third-order valence-corrected chi connectivity index (χ3v) is 10.6. The summed E-state index contributed by atoms with van der Waals surface area (Å²) in [5.41, 5.74) is 0. The Balaban J connectivity index is 3.68. The van der Waals surface area contributed by atoms with Gasteiger partial charge >= 0.3 is 9.28 Å². The fourth-order valence-corrected chi connectivity index (χ4v) is 7.36. The van der Waals surface area contributed by atoms with Gasteiger partial charge in [-0.1, -0.05) is 154 Å². The molecule has 0 aliphatic carbocycles. The second-order valence-electron chi connectivity index (χ2n) is 13.9. The molecule has 1 radical (unpaired) electrons. The van der Waals surface area contributed by atoms with Crippen LogP contribution in [-0.2, 0) is 8.85 Å². The van der Waals surface area contributed by atoms with Gasteiger partial charge in [-0.3, -0.25) is 0 Å². The third kappa shape index (κ3) is 39.7. The molecule has 0 aromatic rings. The Morgan fingerprint density at radius 3 is 1.04 bits per heavy atom. The SMILES string of the molecule is CCCCCCCC/C=C\CCCCCCCCO[Si](CCCN(C)C)OCCCCCCCC/C=C\CCCCCCCC. The molecule has 0 spiro atoms. The number of rotatable bonds is 38. The van der Waals surface area contributed by atoms with E-state index < -0.39 is 9.28 Å². The molecule has 0 heterocycles. The van der Waals surface area contributed by atoms with E-state index in [-0.39, 0.29) is 0 Å². The summed E-state index contributed by atoms with van der Waals surface area (Å²) in [6.45, 7) is 7.50. The fourth-order valence-electron chi connectivity index (χ4n) is 5.80. The highest BCUT2D eigenvalue weighted by molar-refractivity contribution is 6.44. The number of allylic oxidation sites excluding steroid dienone is 4. The first kappa shape index (κ1) is 44.6. The Kier molecular flexibility index (Phi) is 39.4. The van der Waals surface area contributed by atoms with E-state index in [9.17, 15) is 0 Å². The molecule has 4 heteroatoms. The average molecular weight is 649 g/mol. The molecular weight excluding hydrogens is 567 g/mol. The standard InChI is InChI=1S/C41H82NO2Si/c1-5-7-9-11-13-15-17-19-21-23-25-27-29-31-33-35-39-43-45(41-37-38-42(3)4)44-40-36-34-32-30-28-26-24-22-20-18-16-14-12-10-8-6-2/h19-22H,5-18,23-41H2,1-4H3/b21-19-,22-20-. The summed E-state index contributed by atoms with van der Waals surface area (Å²) >= 11 is 0. The maximum Gasteiger partial charge on any atom is 0.384 e. The molecule has 0 atom stereocenters. The molecule has 267 valence electrons. The molecule has 0 fully saturated rings. The van der Waals surface area contributed by atoms with Gasteiger partial charge in [0.25, 0.3) is 0 Å². The van der Waals surface area contributed by atoms with Gasteiger partial charge in [0.1, 0.15) is 0 Å². The van der Waals surface area contributed by atoms with Gasteiger partial charge in [-0.2, -0.15) is 0 Å². The van der Waals surface area contributed by atoms with Crippen LogP contribution < -0.4 is 0 Å². The molecule has 0 aliphatic rings. The van der Waals surface area contributed by atoms with Crippen molar-refractivity contribution in [3.8, 4) is 0 Å². The minimum absolute atomic E-state index is 0.894. The van der Waals surface area contributed by atoms with Crippen LogP contribution in [0.1, 0.15) is 200 Å². The Hall–Kier alpha value is -0.423. The topological polar surface area (TPSA) is 21.7 Å². The van der Waals surface area contributed by atoms with Gasteiger partial charge in [-0.15, -0.1) is 0 Å². The number of unbranched alkanes of at least 4 members (excludes halogenated alkanes) is 24. The molecule has 0 rings (SSSR count). The first-order valence-electron chi connectivity index (χ1n) is 20.3. The lowest BCUT2D eigenvalue weighted by atomic mass is 10.1. The van der Waals surface area contributed by atoms with Gasteiger partial charge in [0.15, 0.2) is 0 Å². The lowest BCUT2D eigenvalue weighted by Gasteiger charge is -2.17. The number of hydrogen-bond donors (Lipinski definition) is 0. The van der Waals surface area contributed by atoms with Gasteiger partial charge in [0, 0.05) is 13.2 Å². The minimum Gasteiger partial charge on any atom is -0.393 e. The first-order chi connectivity index (χ1) is 22.2. The van der Waals surface area contributed by atoms with Crippen LogP contribution in [0.4, 0.5) is 0 Å². The van der Waals surface area contributed by atoms with Crippen LogP contribution in [0.3, 0.4) is 0 Å². The Morgan fingerprint density at radius 1 is 0.400 bits per heavy atom. The van der Waals surface area contributed by atoms with E-state index in [4.69, 9.17) is 8.85 Å². The molecule has 45 heavy (non-hydrogen) atoms. The van der Waals surface area contributed by atoms with Crippen LogP contribution in [-0.4, -0.2) is 48.0 Å². The molecule has 3 nitrogen and oxygen atoms in total. The maximum absolute atomic E-state index is 6.32. The highest BCUT2D eigenvalue weighted by atomic mass is 28.3. The molecule has 0 saturated heterocycles. The van der Waals surface area contributed by atoms with Crippen molar-refractivity contribution < 1.29 is 8.85 Å². The lowest BCUT2D eigenvalue weighted by Crippen LogP contribution is -2.26. The van der Waals surface area contributed by atoms with Crippen molar-refractivity contribution >= 4 is 9.28 Å². The second kappa shape index (κ2) is 39.8. The van der Waals surface area contributed by atoms with Crippen molar-refractivity contribution in [2.75, 3.05) is 33.9 Å². The maximum atomic E-state index is 6.32. The van der Waals surface area contributed by atoms with Crippen molar-refractivity contribution in [3.63, 3.8) is 0 Å². The zero-order valence-electron chi connectivity index (χ0n) is 31.4. The predicted octanol–water partition coefficient (Wildman–Crippen LogP) is 13.5. The average Bonchev–Trinajstić information content (AvgIpc) is 3.03. The van der Waals surface area contributed by atoms with Gasteiger partial charge in [-0.25, -0.2) is 0 Å². The van der Waals surface area contributed by atoms with Gasteiger partial charge in [0.05, 0.1) is 0 Å². The summed E-state index contributed by atoms with van der Waals surface area (Å²) in [4.78, 5) is 2.27. The van der Waals surface area contributed by atoms with E-state index in [1.165, 1.54) is 186 Å². The van der Waals surface area contributed by atoms with E-state index in [0.717, 1.165) is 25.8 Å². The monoisotopic (exact) mass is 649 g/mol. The van der Waals surface area contributed by atoms with Gasteiger partial charge in [-0.05, 0) is 97.3 Å². The van der Waals surface area contributed by atoms with Crippen molar-refractivity contribution in [3.05, 3.63) is 24.3 Å². The van der Waals surface area contributed by atoms with Crippen molar-refractivity contribution in [2.45, 2.75) is 206 Å². The van der Waals surface area contributed by atoms with Gasteiger partial charge < -0.3 is 13.8 Å². The molecule has 0 amide bonds. The second-order valence-corrected chi connectivity index (χ2v) is 15.7. The Morgan fingerprint density at radius 2 is 0.711 bits per heavy atom. The number of nitrogens with zero attached hydrogens (tertiary/aromatic N) is 1. The molecular formula is C41H82NO2Si. The van der Waals surface area contributed by atoms with Crippen molar-refractivity contribution in [2.24, 2.45) is 0 Å². The predicted molar refractivity (Wildman–Crippen MR) is 205 cm³/mol. The molecule has 0 aliphatic heterocycles. The zero-order valence-corrected chi connectivity index (χ0v) is 32.4. The Bertz CT molecular complexity index is 550. The van der Waals surface area contributed by atoms with E-state index in [1.807, 2.05) is 0 Å². The van der Waals surface area contributed by atoms with Gasteiger partial charge in [0.2, 0.25) is 0 Å². The van der Waals surface area contributed by atoms with Crippen LogP contribution >= 0.6 is 0 Å². The summed E-state index contributed by atoms with van der Waals surface area (Å²) < 4.78 is 12.6. The first-order valence-corrected chi connectivity index (χ1v) is 21.8. The van der Waals surface area contributed by atoms with Crippen LogP contribution in [0.25, 0.3) is 0 Å². The zero-order chi connectivity index (χ0) is 32.7. The molecule has 0 N–H and O–H groups in total. The van der Waals surface area contributed by atoms with Crippen LogP contribution in [0.5, 0.6) is 0 Å². The molecule has 0 saturated carbocycles. The Labute approximate surface area is 286 Å². The summed E-state index contributed by atoms with van der Waals surface area (Å²) in [6, 6.07) is 1.11. The third-order valence-electron chi connectivity index (χ3n) is 8.82. The smallest absolute Gasteiger partial charge is 0.384 e. The summed E-state index contributed by atoms with van der Waals surface area (Å²) in [5.74, 6) is 0. The minimum atomic E-state index is -1.12. The molecule has 0 unspecified atom stereocenters. The van der Waals surface area contributed by atoms with Crippen LogP contribution in [0.2, 0.25) is 6.04 Å². The highest BCUT2D eigenvalue weighted by Gasteiger charge is 2.15. The lowest BCUT2D eigenvalue weighted by molar-refractivity contribution is 0.187. The molecule has 0 aromatic heterocycles. The summed E-state index contributed by atoms with van der Waals surface area (Å²) in [7, 11) is 3.20. The van der Waals surface area contributed by atoms with E-state index in [0.29, 0.717) is 0 Å². The normalized spacial score (nSPS) is 12.2. The fraction of sp³-hybridized carbons (Fsp3) is 0.902.